The molecule has 1 saturated heterocycles. The van der Waals surface area contributed by atoms with Crippen LogP contribution in [0.5, 0.6) is 0 Å². The van der Waals surface area contributed by atoms with Crippen molar-refractivity contribution >= 4 is 33.4 Å². The van der Waals surface area contributed by atoms with Crippen molar-refractivity contribution < 1.29 is 14.0 Å². The molecular formula is C13H14BrFN2O2. The van der Waals surface area contributed by atoms with Crippen molar-refractivity contribution in [2.45, 2.75) is 19.9 Å². The fraction of sp³-hybridized carbons (Fsp3) is 0.385. The van der Waals surface area contributed by atoms with E-state index in [2.05, 4.69) is 21.2 Å². The van der Waals surface area contributed by atoms with Crippen LogP contribution in [0.2, 0.25) is 0 Å². The summed E-state index contributed by atoms with van der Waals surface area (Å²) in [6.07, 6.45) is 0. The Morgan fingerprint density at radius 2 is 2.11 bits per heavy atom. The van der Waals surface area contributed by atoms with Crippen LogP contribution in [0.3, 0.4) is 0 Å². The van der Waals surface area contributed by atoms with E-state index in [1.165, 1.54) is 23.1 Å². The second kappa shape index (κ2) is 5.28. The number of rotatable bonds is 2. The Morgan fingerprint density at radius 3 is 2.68 bits per heavy atom. The van der Waals surface area contributed by atoms with Crippen molar-refractivity contribution in [3.05, 3.63) is 28.5 Å². The molecule has 1 fully saturated rings. The minimum absolute atomic E-state index is 0.00141. The van der Waals surface area contributed by atoms with Gasteiger partial charge in [-0.2, -0.15) is 0 Å². The minimum atomic E-state index is -0.543. The van der Waals surface area contributed by atoms with Gasteiger partial charge < -0.3 is 10.2 Å². The van der Waals surface area contributed by atoms with Crippen LogP contribution in [-0.4, -0.2) is 24.4 Å². The molecule has 1 unspecified atom stereocenters. The van der Waals surface area contributed by atoms with Gasteiger partial charge in [0.1, 0.15) is 18.4 Å². The van der Waals surface area contributed by atoms with E-state index in [0.29, 0.717) is 10.2 Å². The minimum Gasteiger partial charge on any atom is -0.342 e. The maximum absolute atomic E-state index is 13.1. The lowest BCUT2D eigenvalue weighted by Gasteiger charge is -2.34. The van der Waals surface area contributed by atoms with Gasteiger partial charge in [-0.3, -0.25) is 9.59 Å². The summed E-state index contributed by atoms with van der Waals surface area (Å²) in [6.45, 7) is 3.68. The van der Waals surface area contributed by atoms with Gasteiger partial charge in [0.2, 0.25) is 11.8 Å². The van der Waals surface area contributed by atoms with Crippen molar-refractivity contribution in [2.75, 3.05) is 11.4 Å². The van der Waals surface area contributed by atoms with Crippen molar-refractivity contribution in [2.24, 2.45) is 5.92 Å². The molecule has 4 nitrogen and oxygen atoms in total. The number of anilines is 1. The van der Waals surface area contributed by atoms with Gasteiger partial charge in [-0.05, 0) is 40.0 Å². The summed E-state index contributed by atoms with van der Waals surface area (Å²) in [7, 11) is 0. The number of hydrogen-bond acceptors (Lipinski definition) is 2. The van der Waals surface area contributed by atoms with Gasteiger partial charge in [0, 0.05) is 4.47 Å². The van der Waals surface area contributed by atoms with Gasteiger partial charge in [-0.15, -0.1) is 0 Å². The highest BCUT2D eigenvalue weighted by molar-refractivity contribution is 9.10. The average molecular weight is 329 g/mol. The molecule has 2 amide bonds. The van der Waals surface area contributed by atoms with Gasteiger partial charge in [-0.25, -0.2) is 4.39 Å². The normalized spacial score (nSPS) is 19.8. The van der Waals surface area contributed by atoms with E-state index in [4.69, 9.17) is 0 Å². The Bertz CT molecular complexity index is 533. The van der Waals surface area contributed by atoms with E-state index < -0.39 is 11.9 Å². The molecule has 0 aromatic heterocycles. The number of nitrogens with zero attached hydrogens (tertiary/aromatic N) is 1. The molecule has 1 heterocycles. The zero-order valence-corrected chi connectivity index (χ0v) is 12.2. The average Bonchev–Trinajstić information content (AvgIpc) is 2.32. The number of benzene rings is 1. The van der Waals surface area contributed by atoms with Crippen LogP contribution in [-0.2, 0) is 9.59 Å². The fourth-order valence-electron chi connectivity index (χ4n) is 2.03. The van der Waals surface area contributed by atoms with Crippen molar-refractivity contribution in [1.82, 2.24) is 5.32 Å². The molecule has 19 heavy (non-hydrogen) atoms. The number of carbonyl (C=O) groups is 2. The smallest absolute Gasteiger partial charge is 0.250 e. The number of hydrogen-bond donors (Lipinski definition) is 1. The Kier molecular flexibility index (Phi) is 3.89. The molecule has 0 bridgehead atoms. The lowest BCUT2D eigenvalue weighted by Crippen LogP contribution is -2.60. The summed E-state index contributed by atoms with van der Waals surface area (Å²) in [5.41, 5.74) is 0.506. The van der Waals surface area contributed by atoms with E-state index in [0.717, 1.165) is 0 Å². The molecule has 1 aliphatic heterocycles. The molecule has 0 spiro atoms. The maximum Gasteiger partial charge on any atom is 0.250 e. The van der Waals surface area contributed by atoms with Crippen LogP contribution in [0, 0.1) is 11.7 Å². The van der Waals surface area contributed by atoms with E-state index in [9.17, 15) is 14.0 Å². The standard InChI is InChI=1S/C13H14BrFN2O2/c1-7(2)12-13(19)17(6-11(18)16-12)10-4-3-8(15)5-9(10)14/h3-5,7,12H,6H2,1-2H3,(H,16,18). The molecular weight excluding hydrogens is 315 g/mol. The molecule has 0 radical (unpaired) electrons. The predicted octanol–water partition coefficient (Wildman–Crippen LogP) is 2.08. The maximum atomic E-state index is 13.1. The van der Waals surface area contributed by atoms with Crippen molar-refractivity contribution in [1.29, 1.82) is 0 Å². The van der Waals surface area contributed by atoms with E-state index in [1.807, 2.05) is 13.8 Å². The molecule has 6 heteroatoms. The number of nitrogens with one attached hydrogen (secondary N) is 1. The van der Waals surface area contributed by atoms with Crippen molar-refractivity contribution in [3.63, 3.8) is 0 Å². The van der Waals surface area contributed by atoms with Crippen molar-refractivity contribution in [3.8, 4) is 0 Å². The number of halogens is 2. The van der Waals surface area contributed by atoms with Crippen LogP contribution in [0.4, 0.5) is 10.1 Å². The highest BCUT2D eigenvalue weighted by Gasteiger charge is 2.35. The van der Waals surface area contributed by atoms with Gasteiger partial charge in [0.15, 0.2) is 0 Å². The molecule has 1 aromatic carbocycles. The molecule has 1 atom stereocenters. The molecule has 1 N–H and O–H groups in total. The number of amides is 2. The molecule has 0 aliphatic carbocycles. The fourth-order valence-corrected chi connectivity index (χ4v) is 2.59. The van der Waals surface area contributed by atoms with Gasteiger partial charge in [-0.1, -0.05) is 13.8 Å². The Labute approximate surface area is 119 Å². The quantitative estimate of drug-likeness (QED) is 0.903. The zero-order chi connectivity index (χ0) is 14.2. The number of carbonyl (C=O) groups excluding carboxylic acids is 2. The largest absolute Gasteiger partial charge is 0.342 e. The molecule has 102 valence electrons. The van der Waals surface area contributed by atoms with Gasteiger partial charge in [0.05, 0.1) is 5.69 Å². The first-order valence-electron chi connectivity index (χ1n) is 5.96. The third-order valence-electron chi connectivity index (χ3n) is 3.02. The van der Waals surface area contributed by atoms with Crippen LogP contribution in [0.25, 0.3) is 0 Å². The highest BCUT2D eigenvalue weighted by atomic mass is 79.9. The monoisotopic (exact) mass is 328 g/mol. The first kappa shape index (κ1) is 14.0. The Morgan fingerprint density at radius 1 is 1.42 bits per heavy atom. The summed E-state index contributed by atoms with van der Waals surface area (Å²) in [5, 5.41) is 2.68. The number of piperazine rings is 1. The summed E-state index contributed by atoms with van der Waals surface area (Å²) in [4.78, 5) is 25.4. The summed E-state index contributed by atoms with van der Waals surface area (Å²) >= 11 is 3.22. The Hall–Kier alpha value is -1.43. The van der Waals surface area contributed by atoms with E-state index >= 15 is 0 Å². The van der Waals surface area contributed by atoms with Gasteiger partial charge >= 0.3 is 0 Å². The summed E-state index contributed by atoms with van der Waals surface area (Å²) in [5.74, 6) is -0.792. The topological polar surface area (TPSA) is 49.4 Å². The molecule has 1 aliphatic rings. The molecule has 2 rings (SSSR count). The lowest BCUT2D eigenvalue weighted by molar-refractivity contribution is -0.132. The predicted molar refractivity (Wildman–Crippen MR) is 73.2 cm³/mol. The second-order valence-electron chi connectivity index (χ2n) is 4.81. The zero-order valence-electron chi connectivity index (χ0n) is 10.6. The van der Waals surface area contributed by atoms with E-state index in [1.54, 1.807) is 0 Å². The van der Waals surface area contributed by atoms with Gasteiger partial charge in [0.25, 0.3) is 0 Å². The van der Waals surface area contributed by atoms with E-state index in [-0.39, 0.29) is 24.3 Å². The summed E-state index contributed by atoms with van der Waals surface area (Å²) in [6, 6.07) is 3.50. The SMILES string of the molecule is CC(C)C1NC(=O)CN(c2ccc(F)cc2Br)C1=O. The van der Waals surface area contributed by atoms with Crippen LogP contribution in [0.1, 0.15) is 13.8 Å². The molecule has 1 aromatic rings. The first-order valence-corrected chi connectivity index (χ1v) is 6.75. The third-order valence-corrected chi connectivity index (χ3v) is 3.65. The lowest BCUT2D eigenvalue weighted by atomic mass is 10.0. The van der Waals surface area contributed by atoms with Crippen LogP contribution in [0.15, 0.2) is 22.7 Å². The summed E-state index contributed by atoms with van der Waals surface area (Å²) < 4.78 is 13.5. The first-order chi connectivity index (χ1) is 8.90. The third kappa shape index (κ3) is 2.78. The highest BCUT2D eigenvalue weighted by Crippen LogP contribution is 2.29. The van der Waals surface area contributed by atoms with Crippen LogP contribution >= 0.6 is 15.9 Å². The Balaban J connectivity index is 2.37. The van der Waals surface area contributed by atoms with Crippen LogP contribution < -0.4 is 10.2 Å². The molecule has 0 saturated carbocycles. The second-order valence-corrected chi connectivity index (χ2v) is 5.66.